The molecule has 1 heterocycles. The van der Waals surface area contributed by atoms with Gasteiger partial charge in [0.2, 0.25) is 0 Å². The van der Waals surface area contributed by atoms with E-state index in [4.69, 9.17) is 5.73 Å². The van der Waals surface area contributed by atoms with Gasteiger partial charge in [-0.1, -0.05) is 13.8 Å². The van der Waals surface area contributed by atoms with Crippen molar-refractivity contribution in [2.75, 3.05) is 17.7 Å². The molecule has 1 aromatic heterocycles. The minimum atomic E-state index is 0.491. The summed E-state index contributed by atoms with van der Waals surface area (Å²) >= 11 is 0. The number of hydrogen-bond acceptors (Lipinski definition) is 4. The molecule has 4 nitrogen and oxygen atoms in total. The molecule has 94 valence electrons. The van der Waals surface area contributed by atoms with Crippen molar-refractivity contribution in [1.82, 2.24) is 9.97 Å². The lowest BCUT2D eigenvalue weighted by molar-refractivity contribution is 0.222. The Morgan fingerprint density at radius 3 is 2.41 bits per heavy atom. The van der Waals surface area contributed by atoms with Gasteiger partial charge in [-0.15, -0.1) is 0 Å². The van der Waals surface area contributed by atoms with E-state index in [9.17, 15) is 0 Å². The Hall–Kier alpha value is -1.32. The lowest BCUT2D eigenvalue weighted by Gasteiger charge is -2.39. The van der Waals surface area contributed by atoms with Crippen LogP contribution in [0, 0.1) is 5.41 Å². The third kappa shape index (κ3) is 2.68. The Labute approximate surface area is 103 Å². The number of nitrogens with zero attached hydrogens (tertiary/aromatic N) is 3. The van der Waals surface area contributed by atoms with Crippen molar-refractivity contribution in [1.29, 1.82) is 0 Å². The first kappa shape index (κ1) is 12.1. The second-order valence-electron chi connectivity index (χ2n) is 5.77. The highest BCUT2D eigenvalue weighted by Gasteiger charge is 2.29. The molecule has 2 N–H and O–H groups in total. The van der Waals surface area contributed by atoms with Crippen molar-refractivity contribution < 1.29 is 0 Å². The van der Waals surface area contributed by atoms with Gasteiger partial charge < -0.3 is 10.6 Å². The second kappa shape index (κ2) is 4.51. The minimum absolute atomic E-state index is 0.491. The fraction of sp³-hybridized carbons (Fsp3) is 0.692. The predicted molar refractivity (Wildman–Crippen MR) is 70.9 cm³/mol. The Morgan fingerprint density at radius 2 is 1.82 bits per heavy atom. The molecule has 1 fully saturated rings. The van der Waals surface area contributed by atoms with E-state index in [1.165, 1.54) is 25.7 Å². The summed E-state index contributed by atoms with van der Waals surface area (Å²) in [6.07, 6.45) is 8.29. The molecule has 0 amide bonds. The van der Waals surface area contributed by atoms with Crippen molar-refractivity contribution in [2.24, 2.45) is 5.41 Å². The molecule has 1 aliphatic carbocycles. The van der Waals surface area contributed by atoms with Crippen LogP contribution in [0.1, 0.15) is 39.5 Å². The van der Waals surface area contributed by atoms with E-state index in [0.29, 0.717) is 17.3 Å². The van der Waals surface area contributed by atoms with E-state index < -0.39 is 0 Å². The van der Waals surface area contributed by atoms with Crippen molar-refractivity contribution in [3.63, 3.8) is 0 Å². The van der Waals surface area contributed by atoms with Crippen LogP contribution in [0.25, 0.3) is 0 Å². The topological polar surface area (TPSA) is 55.0 Å². The molecule has 4 heteroatoms. The van der Waals surface area contributed by atoms with Gasteiger partial charge >= 0.3 is 0 Å². The molecule has 0 atom stereocenters. The van der Waals surface area contributed by atoms with Crippen LogP contribution in [0.15, 0.2) is 12.4 Å². The smallest absolute Gasteiger partial charge is 0.171 e. The summed E-state index contributed by atoms with van der Waals surface area (Å²) in [6, 6.07) is 0.544. The van der Waals surface area contributed by atoms with E-state index in [1.807, 2.05) is 0 Å². The highest BCUT2D eigenvalue weighted by molar-refractivity contribution is 5.57. The molecule has 0 unspecified atom stereocenters. The van der Waals surface area contributed by atoms with Crippen LogP contribution in [0.2, 0.25) is 0 Å². The van der Waals surface area contributed by atoms with Gasteiger partial charge in [-0.05, 0) is 31.1 Å². The van der Waals surface area contributed by atoms with Gasteiger partial charge in [0.05, 0.1) is 0 Å². The molecular formula is C13H22N4. The van der Waals surface area contributed by atoms with Crippen molar-refractivity contribution in [3.05, 3.63) is 12.4 Å². The van der Waals surface area contributed by atoms with E-state index in [0.717, 1.165) is 5.82 Å². The summed E-state index contributed by atoms with van der Waals surface area (Å²) in [7, 11) is 2.07. The van der Waals surface area contributed by atoms with Crippen molar-refractivity contribution in [2.45, 2.75) is 45.6 Å². The number of anilines is 2. The highest BCUT2D eigenvalue weighted by atomic mass is 15.2. The maximum absolute atomic E-state index is 5.87. The maximum atomic E-state index is 5.87. The fourth-order valence-corrected chi connectivity index (χ4v) is 2.56. The third-order valence-corrected chi connectivity index (χ3v) is 3.90. The van der Waals surface area contributed by atoms with Crippen LogP contribution in [0.5, 0.6) is 0 Å². The summed E-state index contributed by atoms with van der Waals surface area (Å²) in [5.74, 6) is 1.34. The van der Waals surface area contributed by atoms with E-state index in [-0.39, 0.29) is 0 Å². The molecule has 0 saturated heterocycles. The number of aromatic nitrogens is 2. The second-order valence-corrected chi connectivity index (χ2v) is 5.77. The molecule has 2 rings (SSSR count). The number of rotatable bonds is 2. The Kier molecular flexibility index (Phi) is 3.22. The molecule has 0 aromatic carbocycles. The SMILES string of the molecule is CN(c1nccnc1N)C1CCC(C)(C)CC1. The van der Waals surface area contributed by atoms with Gasteiger partial charge in [0.1, 0.15) is 0 Å². The average Bonchev–Trinajstić information content (AvgIpc) is 2.29. The van der Waals surface area contributed by atoms with E-state index in [1.54, 1.807) is 12.4 Å². The molecule has 0 aliphatic heterocycles. The molecule has 1 aliphatic rings. The van der Waals surface area contributed by atoms with Crippen LogP contribution < -0.4 is 10.6 Å². The highest BCUT2D eigenvalue weighted by Crippen LogP contribution is 2.37. The van der Waals surface area contributed by atoms with Crippen LogP contribution in [-0.2, 0) is 0 Å². The van der Waals surface area contributed by atoms with Crippen LogP contribution in [-0.4, -0.2) is 23.1 Å². The van der Waals surface area contributed by atoms with Gasteiger partial charge in [-0.25, -0.2) is 9.97 Å². The minimum Gasteiger partial charge on any atom is -0.381 e. The van der Waals surface area contributed by atoms with Crippen LogP contribution >= 0.6 is 0 Å². The Balaban J connectivity index is 2.07. The van der Waals surface area contributed by atoms with Gasteiger partial charge in [0, 0.05) is 25.5 Å². The van der Waals surface area contributed by atoms with Gasteiger partial charge in [-0.2, -0.15) is 0 Å². The van der Waals surface area contributed by atoms with E-state index >= 15 is 0 Å². The molecular weight excluding hydrogens is 212 g/mol. The number of nitrogens with two attached hydrogens (primary N) is 1. The zero-order valence-corrected chi connectivity index (χ0v) is 11.0. The summed E-state index contributed by atoms with van der Waals surface area (Å²) in [5, 5.41) is 0. The molecule has 0 spiro atoms. The molecule has 0 bridgehead atoms. The molecule has 17 heavy (non-hydrogen) atoms. The third-order valence-electron chi connectivity index (χ3n) is 3.90. The van der Waals surface area contributed by atoms with Crippen molar-refractivity contribution >= 4 is 11.6 Å². The zero-order valence-electron chi connectivity index (χ0n) is 11.0. The summed E-state index contributed by atoms with van der Waals surface area (Å²) in [6.45, 7) is 4.69. The largest absolute Gasteiger partial charge is 0.381 e. The molecule has 1 aromatic rings. The molecule has 0 radical (unpaired) electrons. The average molecular weight is 234 g/mol. The van der Waals surface area contributed by atoms with Crippen LogP contribution in [0.3, 0.4) is 0 Å². The quantitative estimate of drug-likeness (QED) is 0.854. The first-order chi connectivity index (χ1) is 7.99. The first-order valence-corrected chi connectivity index (χ1v) is 6.29. The number of nitrogen functional groups attached to an aromatic ring is 1. The standard InChI is InChI=1S/C13H22N4/c1-13(2)6-4-10(5-7-13)17(3)12-11(14)15-8-9-16-12/h8-10H,4-7H2,1-3H3,(H2,14,15). The van der Waals surface area contributed by atoms with Crippen LogP contribution in [0.4, 0.5) is 11.6 Å². The molecule has 1 saturated carbocycles. The monoisotopic (exact) mass is 234 g/mol. The van der Waals surface area contributed by atoms with Gasteiger partial charge in [0.25, 0.3) is 0 Å². The normalized spacial score (nSPS) is 20.2. The summed E-state index contributed by atoms with van der Waals surface area (Å²) < 4.78 is 0. The fourth-order valence-electron chi connectivity index (χ4n) is 2.56. The summed E-state index contributed by atoms with van der Waals surface area (Å²) in [4.78, 5) is 10.6. The van der Waals surface area contributed by atoms with Gasteiger partial charge in [0.15, 0.2) is 11.6 Å². The van der Waals surface area contributed by atoms with Crippen molar-refractivity contribution in [3.8, 4) is 0 Å². The van der Waals surface area contributed by atoms with Gasteiger partial charge in [-0.3, -0.25) is 0 Å². The lowest BCUT2D eigenvalue weighted by Crippen LogP contribution is -2.38. The summed E-state index contributed by atoms with van der Waals surface area (Å²) in [5.41, 5.74) is 6.36. The Morgan fingerprint density at radius 1 is 1.24 bits per heavy atom. The Bertz CT molecular complexity index is 379. The lowest BCUT2D eigenvalue weighted by atomic mass is 9.75. The zero-order chi connectivity index (χ0) is 12.5. The maximum Gasteiger partial charge on any atom is 0.171 e. The predicted octanol–water partition coefficient (Wildman–Crippen LogP) is 2.46. The number of hydrogen-bond donors (Lipinski definition) is 1. The first-order valence-electron chi connectivity index (χ1n) is 6.29. The van der Waals surface area contributed by atoms with E-state index in [2.05, 4.69) is 35.8 Å².